The fourth-order valence-corrected chi connectivity index (χ4v) is 1.71. The number of aromatic amines is 1. The largest absolute Gasteiger partial charge is 0.464 e. The molecule has 0 aliphatic heterocycles. The van der Waals surface area contributed by atoms with Gasteiger partial charge in [-0.2, -0.15) is 5.26 Å². The van der Waals surface area contributed by atoms with Gasteiger partial charge in [0, 0.05) is 5.56 Å². The number of aromatic nitrogens is 2. The fraction of sp³-hybridized carbons (Fsp3) is 0.143. The predicted octanol–water partition coefficient (Wildman–Crippen LogP) is 1.51. The van der Waals surface area contributed by atoms with Gasteiger partial charge in [-0.05, 0) is 12.1 Å². The van der Waals surface area contributed by atoms with E-state index in [2.05, 4.69) is 20.0 Å². The number of esters is 1. The first-order valence-electron chi connectivity index (χ1n) is 6.06. The lowest BCUT2D eigenvalue weighted by Gasteiger charge is -2.00. The van der Waals surface area contributed by atoms with Crippen molar-refractivity contribution in [3.63, 3.8) is 0 Å². The summed E-state index contributed by atoms with van der Waals surface area (Å²) in [5.74, 6) is -0.949. The van der Waals surface area contributed by atoms with Crippen LogP contribution in [0.4, 0.5) is 5.95 Å². The molecule has 0 fully saturated rings. The number of rotatable bonds is 4. The highest BCUT2D eigenvalue weighted by molar-refractivity contribution is 6.03. The number of benzene rings is 1. The highest BCUT2D eigenvalue weighted by Crippen LogP contribution is 2.13. The number of carbonyl (C=O) groups excluding carboxylic acids is 2. The van der Waals surface area contributed by atoms with Gasteiger partial charge in [0.25, 0.3) is 5.91 Å². The Balaban J connectivity index is 2.23. The highest BCUT2D eigenvalue weighted by atomic mass is 16.5. The van der Waals surface area contributed by atoms with Gasteiger partial charge >= 0.3 is 5.97 Å². The highest BCUT2D eigenvalue weighted by Gasteiger charge is 2.19. The van der Waals surface area contributed by atoms with Crippen molar-refractivity contribution < 1.29 is 14.3 Å². The Morgan fingerprint density at radius 2 is 2.10 bits per heavy atom. The molecule has 2 aromatic rings. The Labute approximate surface area is 120 Å². The van der Waals surface area contributed by atoms with Gasteiger partial charge in [0.1, 0.15) is 0 Å². The summed E-state index contributed by atoms with van der Waals surface area (Å²) in [7, 11) is 1.22. The molecule has 1 aromatic heterocycles. The van der Waals surface area contributed by atoms with Crippen LogP contribution in [0, 0.1) is 11.3 Å². The van der Waals surface area contributed by atoms with E-state index in [-0.39, 0.29) is 24.0 Å². The Bertz CT molecular complexity index is 701. The van der Waals surface area contributed by atoms with Crippen LogP contribution in [-0.4, -0.2) is 29.0 Å². The topological polar surface area (TPSA) is 108 Å². The number of nitrogens with one attached hydrogen (secondary N) is 2. The first-order valence-corrected chi connectivity index (χ1v) is 6.06. The van der Waals surface area contributed by atoms with Crippen LogP contribution in [0.1, 0.15) is 26.5 Å². The van der Waals surface area contributed by atoms with E-state index in [1.165, 1.54) is 7.11 Å². The number of hydrogen-bond acceptors (Lipinski definition) is 5. The predicted molar refractivity (Wildman–Crippen MR) is 73.6 cm³/mol. The summed E-state index contributed by atoms with van der Waals surface area (Å²) < 4.78 is 4.58. The summed E-state index contributed by atoms with van der Waals surface area (Å²) >= 11 is 0. The lowest BCUT2D eigenvalue weighted by atomic mass is 10.2. The van der Waals surface area contributed by atoms with Crippen molar-refractivity contribution in [3.8, 4) is 6.07 Å². The molecule has 0 atom stereocenters. The fourth-order valence-electron chi connectivity index (χ4n) is 1.71. The van der Waals surface area contributed by atoms with Gasteiger partial charge in [-0.1, -0.05) is 18.2 Å². The minimum absolute atomic E-state index is 0.0117. The summed E-state index contributed by atoms with van der Waals surface area (Å²) in [5.41, 5.74) is 0.741. The average molecular weight is 284 g/mol. The maximum Gasteiger partial charge on any atom is 0.358 e. The number of hydrogen-bond donors (Lipinski definition) is 2. The minimum atomic E-state index is -0.670. The number of nitriles is 1. The monoisotopic (exact) mass is 284 g/mol. The van der Waals surface area contributed by atoms with Crippen molar-refractivity contribution in [2.75, 3.05) is 12.4 Å². The molecule has 7 heteroatoms. The van der Waals surface area contributed by atoms with E-state index in [9.17, 15) is 9.59 Å². The van der Waals surface area contributed by atoms with Gasteiger partial charge in [0.05, 0.1) is 25.3 Å². The molecular weight excluding hydrogens is 272 g/mol. The number of carbonyl (C=O) groups is 2. The van der Waals surface area contributed by atoms with Crippen LogP contribution in [0.15, 0.2) is 30.3 Å². The number of H-pyrrole nitrogens is 1. The van der Waals surface area contributed by atoms with Crippen LogP contribution < -0.4 is 5.32 Å². The molecule has 7 nitrogen and oxygen atoms in total. The summed E-state index contributed by atoms with van der Waals surface area (Å²) in [4.78, 5) is 30.2. The first-order chi connectivity index (χ1) is 10.2. The second-order valence-corrected chi connectivity index (χ2v) is 4.06. The smallest absolute Gasteiger partial charge is 0.358 e. The van der Waals surface area contributed by atoms with E-state index < -0.39 is 5.97 Å². The van der Waals surface area contributed by atoms with Crippen LogP contribution in [-0.2, 0) is 11.2 Å². The third-order valence-corrected chi connectivity index (χ3v) is 2.68. The van der Waals surface area contributed by atoms with E-state index in [1.54, 1.807) is 30.3 Å². The molecule has 21 heavy (non-hydrogen) atoms. The average Bonchev–Trinajstić information content (AvgIpc) is 2.90. The normalized spacial score (nSPS) is 9.71. The van der Waals surface area contributed by atoms with E-state index in [4.69, 9.17) is 5.26 Å². The molecule has 0 aliphatic rings. The molecule has 2 rings (SSSR count). The van der Waals surface area contributed by atoms with Crippen LogP contribution in [0.5, 0.6) is 0 Å². The quantitative estimate of drug-likeness (QED) is 0.827. The second kappa shape index (κ2) is 6.34. The molecule has 1 heterocycles. The van der Waals surface area contributed by atoms with Crippen LogP contribution in [0.25, 0.3) is 0 Å². The molecule has 0 saturated carbocycles. The number of anilines is 1. The van der Waals surface area contributed by atoms with E-state index in [0.717, 1.165) is 0 Å². The van der Waals surface area contributed by atoms with E-state index in [0.29, 0.717) is 11.3 Å². The van der Waals surface area contributed by atoms with E-state index >= 15 is 0 Å². The van der Waals surface area contributed by atoms with Crippen molar-refractivity contribution >= 4 is 17.8 Å². The molecule has 0 spiro atoms. The van der Waals surface area contributed by atoms with Crippen molar-refractivity contribution in [1.29, 1.82) is 5.26 Å². The molecule has 106 valence electrons. The summed E-state index contributed by atoms with van der Waals surface area (Å²) in [5, 5.41) is 11.3. The molecule has 1 aromatic carbocycles. The zero-order chi connectivity index (χ0) is 15.2. The molecule has 2 N–H and O–H groups in total. The van der Waals surface area contributed by atoms with Crippen molar-refractivity contribution in [2.24, 2.45) is 0 Å². The lowest BCUT2D eigenvalue weighted by molar-refractivity contribution is 0.0593. The first kappa shape index (κ1) is 14.3. The minimum Gasteiger partial charge on any atom is -0.464 e. The van der Waals surface area contributed by atoms with Gasteiger partial charge < -0.3 is 9.72 Å². The molecule has 0 radical (unpaired) electrons. The van der Waals surface area contributed by atoms with Gasteiger partial charge in [-0.15, -0.1) is 0 Å². The zero-order valence-electron chi connectivity index (χ0n) is 11.2. The maximum atomic E-state index is 12.0. The van der Waals surface area contributed by atoms with Crippen molar-refractivity contribution in [3.05, 3.63) is 47.3 Å². The molecule has 0 saturated heterocycles. The van der Waals surface area contributed by atoms with Crippen LogP contribution >= 0.6 is 0 Å². The maximum absolute atomic E-state index is 12.0. The Kier molecular flexibility index (Phi) is 4.31. The van der Waals surface area contributed by atoms with E-state index in [1.807, 2.05) is 6.07 Å². The van der Waals surface area contributed by atoms with Crippen LogP contribution in [0.3, 0.4) is 0 Å². The standard InChI is InChI=1S/C14H12N4O3/c1-21-13(20)11-10(7-8-15)16-14(17-11)18-12(19)9-5-3-2-4-6-9/h2-6H,7H2,1H3,(H2,16,17,18,19). The van der Waals surface area contributed by atoms with Crippen molar-refractivity contribution in [2.45, 2.75) is 6.42 Å². The van der Waals surface area contributed by atoms with Gasteiger partial charge in [0.15, 0.2) is 5.69 Å². The number of imidazole rings is 1. The molecule has 0 aliphatic carbocycles. The molecule has 0 bridgehead atoms. The Hall–Kier alpha value is -3.14. The van der Waals surface area contributed by atoms with Gasteiger partial charge in [-0.3, -0.25) is 10.1 Å². The summed E-state index contributed by atoms with van der Waals surface area (Å²) in [6, 6.07) is 10.5. The zero-order valence-corrected chi connectivity index (χ0v) is 11.2. The molecular formula is C14H12N4O3. The van der Waals surface area contributed by atoms with Crippen LogP contribution in [0.2, 0.25) is 0 Å². The Morgan fingerprint density at radius 1 is 1.38 bits per heavy atom. The molecule has 0 unspecified atom stereocenters. The number of methoxy groups -OCH3 is 1. The van der Waals surface area contributed by atoms with Crippen molar-refractivity contribution in [1.82, 2.24) is 9.97 Å². The number of ether oxygens (including phenoxy) is 1. The second-order valence-electron chi connectivity index (χ2n) is 4.06. The third-order valence-electron chi connectivity index (χ3n) is 2.68. The summed E-state index contributed by atoms with van der Waals surface area (Å²) in [6.45, 7) is 0. The summed E-state index contributed by atoms with van der Waals surface area (Å²) in [6.07, 6.45) is -0.0430. The molecule has 1 amide bonds. The van der Waals surface area contributed by atoms with Gasteiger partial charge in [-0.25, -0.2) is 9.78 Å². The lowest BCUT2D eigenvalue weighted by Crippen LogP contribution is -2.13. The third kappa shape index (κ3) is 3.25. The Morgan fingerprint density at radius 3 is 2.71 bits per heavy atom. The SMILES string of the molecule is COC(=O)c1nc(NC(=O)c2ccccc2)[nH]c1CC#N. The van der Waals surface area contributed by atoms with Gasteiger partial charge in [0.2, 0.25) is 5.95 Å². The number of amides is 1. The number of nitrogens with zero attached hydrogens (tertiary/aromatic N) is 2.